The van der Waals surface area contributed by atoms with Crippen LogP contribution in [0, 0.1) is 0 Å². The molecule has 106 valence electrons. The predicted molar refractivity (Wildman–Crippen MR) is 80.5 cm³/mol. The third-order valence-electron chi connectivity index (χ3n) is 3.12. The molecule has 0 atom stereocenters. The average molecular weight is 272 g/mol. The zero-order valence-electron chi connectivity index (χ0n) is 11.9. The summed E-state index contributed by atoms with van der Waals surface area (Å²) >= 11 is 0. The van der Waals surface area contributed by atoms with E-state index in [-0.39, 0.29) is 5.75 Å². The van der Waals surface area contributed by atoms with E-state index in [0.29, 0.717) is 5.75 Å². The molecule has 0 unspecified atom stereocenters. The van der Waals surface area contributed by atoms with Crippen LogP contribution in [0.2, 0.25) is 0 Å². The third-order valence-corrected chi connectivity index (χ3v) is 3.12. The van der Waals surface area contributed by atoms with Crippen molar-refractivity contribution in [2.75, 3.05) is 13.7 Å². The van der Waals surface area contributed by atoms with Crippen molar-refractivity contribution in [2.24, 2.45) is 0 Å². The highest BCUT2D eigenvalue weighted by atomic mass is 16.5. The van der Waals surface area contributed by atoms with Crippen molar-refractivity contribution in [3.63, 3.8) is 0 Å². The second-order valence-corrected chi connectivity index (χ2v) is 4.61. The lowest BCUT2D eigenvalue weighted by molar-refractivity contribution is 0.309. The highest BCUT2D eigenvalue weighted by Crippen LogP contribution is 2.33. The smallest absolute Gasteiger partial charge is 0.130 e. The second-order valence-electron chi connectivity index (χ2n) is 4.61. The van der Waals surface area contributed by atoms with Crippen molar-refractivity contribution in [3.05, 3.63) is 42.5 Å². The van der Waals surface area contributed by atoms with Gasteiger partial charge in [0.25, 0.3) is 0 Å². The van der Waals surface area contributed by atoms with Gasteiger partial charge < -0.3 is 14.6 Å². The molecule has 3 heteroatoms. The summed E-state index contributed by atoms with van der Waals surface area (Å²) in [5, 5.41) is 9.48. The molecule has 0 spiro atoms. The molecular formula is C17H20O3. The van der Waals surface area contributed by atoms with E-state index in [2.05, 4.69) is 6.92 Å². The minimum Gasteiger partial charge on any atom is -0.508 e. The maximum absolute atomic E-state index is 9.48. The molecule has 0 saturated carbocycles. The van der Waals surface area contributed by atoms with Crippen LogP contribution in [0.1, 0.15) is 19.8 Å². The molecule has 0 heterocycles. The molecule has 0 aromatic heterocycles. The van der Waals surface area contributed by atoms with Crippen molar-refractivity contribution in [1.29, 1.82) is 0 Å². The summed E-state index contributed by atoms with van der Waals surface area (Å²) in [6, 6.07) is 13.0. The molecule has 0 fully saturated rings. The lowest BCUT2D eigenvalue weighted by Crippen LogP contribution is -1.96. The van der Waals surface area contributed by atoms with Gasteiger partial charge in [0.05, 0.1) is 13.7 Å². The monoisotopic (exact) mass is 272 g/mol. The summed E-state index contributed by atoms with van der Waals surface area (Å²) in [5.41, 5.74) is 1.98. The number of unbranched alkanes of at least 4 members (excludes halogenated alkanes) is 1. The van der Waals surface area contributed by atoms with Gasteiger partial charge in [-0.25, -0.2) is 0 Å². The molecule has 3 nitrogen and oxygen atoms in total. The Hall–Kier alpha value is -2.16. The molecule has 0 amide bonds. The highest BCUT2D eigenvalue weighted by molar-refractivity contribution is 5.71. The third kappa shape index (κ3) is 3.44. The summed E-state index contributed by atoms with van der Waals surface area (Å²) in [6.07, 6.45) is 2.19. The van der Waals surface area contributed by atoms with Gasteiger partial charge in [-0.15, -0.1) is 0 Å². The van der Waals surface area contributed by atoms with Crippen LogP contribution < -0.4 is 9.47 Å². The largest absolute Gasteiger partial charge is 0.508 e. The van der Waals surface area contributed by atoms with Crippen LogP contribution in [0.25, 0.3) is 11.1 Å². The number of ether oxygens (including phenoxy) is 2. The van der Waals surface area contributed by atoms with Gasteiger partial charge in [-0.2, -0.15) is 0 Å². The van der Waals surface area contributed by atoms with Crippen molar-refractivity contribution < 1.29 is 14.6 Å². The van der Waals surface area contributed by atoms with Gasteiger partial charge in [-0.1, -0.05) is 25.5 Å². The summed E-state index contributed by atoms with van der Waals surface area (Å²) in [7, 11) is 1.60. The Morgan fingerprint density at radius 2 is 1.80 bits per heavy atom. The lowest BCUT2D eigenvalue weighted by Gasteiger charge is -2.10. The lowest BCUT2D eigenvalue weighted by atomic mass is 10.0. The van der Waals surface area contributed by atoms with Gasteiger partial charge in [0.2, 0.25) is 0 Å². The Kier molecular flexibility index (Phi) is 4.88. The van der Waals surface area contributed by atoms with Crippen molar-refractivity contribution >= 4 is 0 Å². The summed E-state index contributed by atoms with van der Waals surface area (Å²) in [4.78, 5) is 0. The van der Waals surface area contributed by atoms with Gasteiger partial charge in [-0.3, -0.25) is 0 Å². The van der Waals surface area contributed by atoms with E-state index in [1.807, 2.05) is 30.3 Å². The quantitative estimate of drug-likeness (QED) is 0.799. The number of hydrogen-bond acceptors (Lipinski definition) is 3. The maximum Gasteiger partial charge on any atom is 0.130 e. The molecule has 2 aromatic carbocycles. The van der Waals surface area contributed by atoms with E-state index in [1.165, 1.54) is 0 Å². The molecule has 0 aliphatic rings. The van der Waals surface area contributed by atoms with E-state index >= 15 is 0 Å². The van der Waals surface area contributed by atoms with Crippen molar-refractivity contribution in [3.8, 4) is 28.4 Å². The topological polar surface area (TPSA) is 38.7 Å². The van der Waals surface area contributed by atoms with Gasteiger partial charge in [0.1, 0.15) is 17.2 Å². The molecule has 0 aliphatic heterocycles. The summed E-state index contributed by atoms with van der Waals surface area (Å²) in [6.45, 7) is 2.89. The fraction of sp³-hybridized carbons (Fsp3) is 0.294. The van der Waals surface area contributed by atoms with Gasteiger partial charge in [-0.05, 0) is 36.2 Å². The van der Waals surface area contributed by atoms with E-state index < -0.39 is 0 Å². The Labute approximate surface area is 119 Å². The van der Waals surface area contributed by atoms with Gasteiger partial charge >= 0.3 is 0 Å². The highest BCUT2D eigenvalue weighted by Gasteiger charge is 2.07. The Balaban J connectivity index is 2.17. The second kappa shape index (κ2) is 6.85. The molecule has 1 N–H and O–H groups in total. The minimum absolute atomic E-state index is 0.199. The number of phenols is 1. The minimum atomic E-state index is 0.199. The van der Waals surface area contributed by atoms with Crippen LogP contribution >= 0.6 is 0 Å². The first kappa shape index (κ1) is 14.3. The van der Waals surface area contributed by atoms with Crippen LogP contribution in [-0.2, 0) is 0 Å². The standard InChI is InChI=1S/C17H20O3/c1-3-4-11-20-15-8-5-13(6-9-15)16-10-7-14(18)12-17(16)19-2/h5-10,12,18H,3-4,11H2,1-2H3. The molecule has 0 radical (unpaired) electrons. The summed E-state index contributed by atoms with van der Waals surface area (Å²) in [5.74, 6) is 1.73. The van der Waals surface area contributed by atoms with Crippen LogP contribution in [-0.4, -0.2) is 18.8 Å². The predicted octanol–water partition coefficient (Wildman–Crippen LogP) is 4.25. The average Bonchev–Trinajstić information content (AvgIpc) is 2.48. The number of aromatic hydroxyl groups is 1. The van der Waals surface area contributed by atoms with Crippen molar-refractivity contribution in [2.45, 2.75) is 19.8 Å². The number of methoxy groups -OCH3 is 1. The van der Waals surface area contributed by atoms with Crippen LogP contribution in [0.4, 0.5) is 0 Å². The maximum atomic E-state index is 9.48. The fourth-order valence-electron chi connectivity index (χ4n) is 1.98. The van der Waals surface area contributed by atoms with Crippen molar-refractivity contribution in [1.82, 2.24) is 0 Å². The number of benzene rings is 2. The molecular weight excluding hydrogens is 252 g/mol. The molecule has 0 aliphatic carbocycles. The first-order valence-corrected chi connectivity index (χ1v) is 6.85. The number of phenolic OH excluding ortho intramolecular Hbond substituents is 1. The SMILES string of the molecule is CCCCOc1ccc(-c2ccc(O)cc2OC)cc1. The van der Waals surface area contributed by atoms with E-state index in [1.54, 1.807) is 19.2 Å². The first-order chi connectivity index (χ1) is 9.74. The Bertz CT molecular complexity index is 547. The van der Waals surface area contributed by atoms with Crippen LogP contribution in [0.5, 0.6) is 17.2 Å². The molecule has 20 heavy (non-hydrogen) atoms. The normalized spacial score (nSPS) is 10.3. The van der Waals surface area contributed by atoms with E-state index in [4.69, 9.17) is 9.47 Å². The molecule has 2 aromatic rings. The van der Waals surface area contributed by atoms with E-state index in [0.717, 1.165) is 36.3 Å². The Morgan fingerprint density at radius 1 is 1.05 bits per heavy atom. The number of rotatable bonds is 6. The fourth-order valence-corrected chi connectivity index (χ4v) is 1.98. The molecule has 2 rings (SSSR count). The number of hydrogen-bond donors (Lipinski definition) is 1. The summed E-state index contributed by atoms with van der Waals surface area (Å²) < 4.78 is 10.9. The van der Waals surface area contributed by atoms with Gasteiger partial charge in [0, 0.05) is 11.6 Å². The van der Waals surface area contributed by atoms with Gasteiger partial charge in [0.15, 0.2) is 0 Å². The van der Waals surface area contributed by atoms with Crippen LogP contribution in [0.3, 0.4) is 0 Å². The zero-order chi connectivity index (χ0) is 14.4. The van der Waals surface area contributed by atoms with Crippen LogP contribution in [0.15, 0.2) is 42.5 Å². The first-order valence-electron chi connectivity index (χ1n) is 6.85. The van der Waals surface area contributed by atoms with E-state index in [9.17, 15) is 5.11 Å². The molecule has 0 saturated heterocycles. The molecule has 0 bridgehead atoms. The zero-order valence-corrected chi connectivity index (χ0v) is 11.9. The Morgan fingerprint density at radius 3 is 2.45 bits per heavy atom.